The SMILES string of the molecule is CC1CN(CC(CN)CC(C)(C)C)CC(C)(C)O1. The third kappa shape index (κ3) is 5.68. The van der Waals surface area contributed by atoms with Crippen LogP contribution >= 0.6 is 0 Å². The first kappa shape index (κ1) is 15.9. The summed E-state index contributed by atoms with van der Waals surface area (Å²) in [5.74, 6) is 0.589. The number of rotatable bonds is 4. The van der Waals surface area contributed by atoms with Gasteiger partial charge in [-0.05, 0) is 45.1 Å². The van der Waals surface area contributed by atoms with E-state index in [9.17, 15) is 0 Å². The van der Waals surface area contributed by atoms with Crippen LogP contribution in [0.15, 0.2) is 0 Å². The molecule has 0 radical (unpaired) electrons. The Morgan fingerprint density at radius 1 is 1.39 bits per heavy atom. The predicted molar refractivity (Wildman–Crippen MR) is 77.7 cm³/mol. The number of hydrogen-bond donors (Lipinski definition) is 1. The predicted octanol–water partition coefficient (Wildman–Crippen LogP) is 2.50. The molecule has 1 fully saturated rings. The minimum absolute atomic E-state index is 0.0292. The van der Waals surface area contributed by atoms with Crippen molar-refractivity contribution < 1.29 is 4.74 Å². The fraction of sp³-hybridized carbons (Fsp3) is 1.00. The van der Waals surface area contributed by atoms with E-state index in [0.717, 1.165) is 26.2 Å². The molecule has 1 rings (SSSR count). The van der Waals surface area contributed by atoms with Gasteiger partial charge in [-0.2, -0.15) is 0 Å². The molecule has 1 aliphatic rings. The van der Waals surface area contributed by atoms with E-state index in [0.29, 0.717) is 17.4 Å². The van der Waals surface area contributed by atoms with E-state index >= 15 is 0 Å². The highest BCUT2D eigenvalue weighted by Gasteiger charge is 2.32. The maximum absolute atomic E-state index is 5.95. The van der Waals surface area contributed by atoms with Crippen LogP contribution in [0, 0.1) is 11.3 Å². The topological polar surface area (TPSA) is 38.5 Å². The van der Waals surface area contributed by atoms with Gasteiger partial charge in [0.1, 0.15) is 0 Å². The van der Waals surface area contributed by atoms with Crippen molar-refractivity contribution >= 4 is 0 Å². The van der Waals surface area contributed by atoms with Gasteiger partial charge in [0.15, 0.2) is 0 Å². The Kier molecular flexibility index (Phi) is 5.22. The molecule has 3 heteroatoms. The molecule has 0 spiro atoms. The van der Waals surface area contributed by atoms with Gasteiger partial charge in [-0.25, -0.2) is 0 Å². The van der Waals surface area contributed by atoms with Crippen molar-refractivity contribution in [1.82, 2.24) is 4.90 Å². The molecule has 2 unspecified atom stereocenters. The summed E-state index contributed by atoms with van der Waals surface area (Å²) in [4.78, 5) is 2.53. The van der Waals surface area contributed by atoms with Crippen LogP contribution in [0.25, 0.3) is 0 Å². The summed E-state index contributed by atoms with van der Waals surface area (Å²) in [6.45, 7) is 17.3. The molecule has 2 atom stereocenters. The molecule has 0 saturated carbocycles. The summed E-state index contributed by atoms with van der Waals surface area (Å²) in [5, 5.41) is 0. The third-order valence-electron chi connectivity index (χ3n) is 3.39. The molecule has 0 aromatic carbocycles. The van der Waals surface area contributed by atoms with Crippen LogP contribution in [0.2, 0.25) is 0 Å². The van der Waals surface area contributed by atoms with Crippen molar-refractivity contribution in [2.24, 2.45) is 17.1 Å². The lowest BCUT2D eigenvalue weighted by Gasteiger charge is -2.43. The molecular weight excluding hydrogens is 224 g/mol. The molecule has 0 aliphatic carbocycles. The molecule has 1 heterocycles. The number of nitrogens with zero attached hydrogens (tertiary/aromatic N) is 1. The van der Waals surface area contributed by atoms with Crippen LogP contribution in [0.4, 0.5) is 0 Å². The number of hydrogen-bond acceptors (Lipinski definition) is 3. The second-order valence-corrected chi connectivity index (χ2v) is 7.75. The lowest BCUT2D eigenvalue weighted by atomic mass is 9.84. The Morgan fingerprint density at radius 3 is 2.44 bits per heavy atom. The molecule has 108 valence electrons. The Balaban J connectivity index is 2.54. The monoisotopic (exact) mass is 256 g/mol. The number of ether oxygens (including phenoxy) is 1. The van der Waals surface area contributed by atoms with Crippen molar-refractivity contribution in [3.8, 4) is 0 Å². The third-order valence-corrected chi connectivity index (χ3v) is 3.39. The van der Waals surface area contributed by atoms with Gasteiger partial charge in [0.25, 0.3) is 0 Å². The van der Waals surface area contributed by atoms with E-state index in [4.69, 9.17) is 10.5 Å². The summed E-state index contributed by atoms with van der Waals surface area (Å²) in [6.07, 6.45) is 1.51. The summed E-state index contributed by atoms with van der Waals surface area (Å²) < 4.78 is 5.95. The molecule has 3 nitrogen and oxygen atoms in total. The number of morpholine rings is 1. The zero-order chi connectivity index (χ0) is 14.0. The summed E-state index contributed by atoms with van der Waals surface area (Å²) in [6, 6.07) is 0. The zero-order valence-electron chi connectivity index (χ0n) is 13.1. The molecule has 1 saturated heterocycles. The fourth-order valence-electron chi connectivity index (χ4n) is 3.18. The lowest BCUT2D eigenvalue weighted by molar-refractivity contribution is -0.131. The molecule has 0 aromatic heterocycles. The minimum Gasteiger partial charge on any atom is -0.370 e. The van der Waals surface area contributed by atoms with E-state index in [2.05, 4.69) is 46.4 Å². The molecule has 1 aliphatic heterocycles. The van der Waals surface area contributed by atoms with Gasteiger partial charge in [-0.15, -0.1) is 0 Å². The van der Waals surface area contributed by atoms with Gasteiger partial charge in [0.05, 0.1) is 11.7 Å². The van der Waals surface area contributed by atoms with Gasteiger partial charge in [-0.3, -0.25) is 4.90 Å². The highest BCUT2D eigenvalue weighted by molar-refractivity contribution is 4.84. The van der Waals surface area contributed by atoms with Crippen molar-refractivity contribution in [2.45, 2.75) is 59.7 Å². The second kappa shape index (κ2) is 5.89. The van der Waals surface area contributed by atoms with Crippen LogP contribution in [0.5, 0.6) is 0 Å². The van der Waals surface area contributed by atoms with Gasteiger partial charge in [-0.1, -0.05) is 20.8 Å². The first-order valence-corrected chi connectivity index (χ1v) is 7.21. The van der Waals surface area contributed by atoms with E-state index < -0.39 is 0 Å². The second-order valence-electron chi connectivity index (χ2n) is 7.75. The van der Waals surface area contributed by atoms with Crippen LogP contribution < -0.4 is 5.73 Å². The van der Waals surface area contributed by atoms with Gasteiger partial charge >= 0.3 is 0 Å². The van der Waals surface area contributed by atoms with Crippen LogP contribution in [-0.2, 0) is 4.74 Å². The summed E-state index contributed by atoms with van der Waals surface area (Å²) in [7, 11) is 0. The van der Waals surface area contributed by atoms with Gasteiger partial charge in [0.2, 0.25) is 0 Å². The molecule has 0 amide bonds. The number of nitrogens with two attached hydrogens (primary N) is 1. The first-order chi connectivity index (χ1) is 8.11. The van der Waals surface area contributed by atoms with E-state index in [-0.39, 0.29) is 5.60 Å². The highest BCUT2D eigenvalue weighted by Crippen LogP contribution is 2.27. The molecule has 0 bridgehead atoms. The van der Waals surface area contributed by atoms with Crippen LogP contribution in [0.1, 0.15) is 48.0 Å². The van der Waals surface area contributed by atoms with E-state index in [1.807, 2.05) is 0 Å². The fourth-order valence-corrected chi connectivity index (χ4v) is 3.18. The highest BCUT2D eigenvalue weighted by atomic mass is 16.5. The molecule has 18 heavy (non-hydrogen) atoms. The largest absolute Gasteiger partial charge is 0.370 e. The maximum Gasteiger partial charge on any atom is 0.0757 e. The average Bonchev–Trinajstić information content (AvgIpc) is 2.10. The van der Waals surface area contributed by atoms with E-state index in [1.165, 1.54) is 6.42 Å². The van der Waals surface area contributed by atoms with Gasteiger partial charge < -0.3 is 10.5 Å². The Labute approximate surface area is 113 Å². The quantitative estimate of drug-likeness (QED) is 0.840. The van der Waals surface area contributed by atoms with Crippen molar-refractivity contribution in [3.63, 3.8) is 0 Å². The smallest absolute Gasteiger partial charge is 0.0757 e. The standard InChI is InChI=1S/C15H32N2O/c1-12-9-17(11-15(5,6)18-12)10-13(8-16)7-14(2,3)4/h12-13H,7-11,16H2,1-6H3. The molecule has 0 aromatic rings. The summed E-state index contributed by atoms with van der Waals surface area (Å²) >= 11 is 0. The van der Waals surface area contributed by atoms with E-state index in [1.54, 1.807) is 0 Å². The van der Waals surface area contributed by atoms with Crippen LogP contribution in [-0.4, -0.2) is 42.8 Å². The lowest BCUT2D eigenvalue weighted by Crippen LogP contribution is -2.53. The molecular formula is C15H32N2O. The van der Waals surface area contributed by atoms with Crippen molar-refractivity contribution in [1.29, 1.82) is 0 Å². The Morgan fingerprint density at radius 2 is 2.00 bits per heavy atom. The van der Waals surface area contributed by atoms with Gasteiger partial charge in [0, 0.05) is 19.6 Å². The average molecular weight is 256 g/mol. The summed E-state index contributed by atoms with van der Waals surface area (Å²) in [5.41, 5.74) is 6.27. The first-order valence-electron chi connectivity index (χ1n) is 7.21. The normalized spacial score (nSPS) is 27.2. The minimum atomic E-state index is -0.0292. The maximum atomic E-state index is 5.95. The van der Waals surface area contributed by atoms with Crippen LogP contribution in [0.3, 0.4) is 0 Å². The van der Waals surface area contributed by atoms with Crippen molar-refractivity contribution in [3.05, 3.63) is 0 Å². The Bertz CT molecular complexity index is 258. The van der Waals surface area contributed by atoms with Crippen molar-refractivity contribution in [2.75, 3.05) is 26.2 Å². The Hall–Kier alpha value is -0.120. The molecule has 2 N–H and O–H groups in total. The zero-order valence-corrected chi connectivity index (χ0v) is 13.1.